The van der Waals surface area contributed by atoms with Gasteiger partial charge in [0.25, 0.3) is 0 Å². The Balaban J connectivity index is 1.57. The smallest absolute Gasteiger partial charge is 0.152 e. The van der Waals surface area contributed by atoms with Crippen LogP contribution in [-0.2, 0) is 6.42 Å². The Morgan fingerprint density at radius 1 is 1.00 bits per heavy atom. The first kappa shape index (κ1) is 21.7. The molecule has 0 spiro atoms. The molecule has 0 aliphatic carbocycles. The highest BCUT2D eigenvalue weighted by Crippen LogP contribution is 2.32. The summed E-state index contributed by atoms with van der Waals surface area (Å²) in [6.07, 6.45) is 2.06. The lowest BCUT2D eigenvalue weighted by Gasteiger charge is -2.15. The van der Waals surface area contributed by atoms with Crippen LogP contribution in [0.3, 0.4) is 0 Å². The Hall–Kier alpha value is -4.08. The molecule has 34 heavy (non-hydrogen) atoms. The number of H-pyrrole nitrogens is 1. The van der Waals surface area contributed by atoms with Crippen molar-refractivity contribution in [1.82, 2.24) is 15.0 Å². The van der Waals surface area contributed by atoms with Gasteiger partial charge in [0.05, 0.1) is 44.9 Å². The molecule has 5 aromatic rings. The van der Waals surface area contributed by atoms with Crippen LogP contribution in [0.4, 0.5) is 8.78 Å². The number of nitrogens with zero attached hydrogens (tertiary/aromatic N) is 3. The molecule has 1 unspecified atom stereocenters. The molecule has 7 heteroatoms. The summed E-state index contributed by atoms with van der Waals surface area (Å²) >= 11 is 5.85. The molecule has 1 atom stereocenters. The third-order valence-corrected chi connectivity index (χ3v) is 6.01. The number of fused-ring (bicyclic) bond motifs is 1. The number of pyridine rings is 1. The van der Waals surface area contributed by atoms with E-state index in [1.807, 2.05) is 30.3 Å². The molecule has 0 aliphatic heterocycles. The second-order valence-electron chi connectivity index (χ2n) is 7.90. The van der Waals surface area contributed by atoms with Crippen LogP contribution < -0.4 is 0 Å². The number of imidazole rings is 1. The fourth-order valence-electron chi connectivity index (χ4n) is 4.01. The van der Waals surface area contributed by atoms with E-state index in [-0.39, 0.29) is 16.5 Å². The van der Waals surface area contributed by atoms with Crippen molar-refractivity contribution >= 4 is 22.6 Å². The summed E-state index contributed by atoms with van der Waals surface area (Å²) in [5.41, 5.74) is 3.90. The van der Waals surface area contributed by atoms with Gasteiger partial charge in [0.1, 0.15) is 11.6 Å². The maximum atomic E-state index is 14.5. The van der Waals surface area contributed by atoms with Gasteiger partial charge in [-0.25, -0.2) is 13.8 Å². The summed E-state index contributed by atoms with van der Waals surface area (Å²) in [5.74, 6) is -1.08. The Labute approximate surface area is 199 Å². The average molecular weight is 471 g/mol. The van der Waals surface area contributed by atoms with Gasteiger partial charge < -0.3 is 4.98 Å². The molecule has 3 aromatic carbocycles. The first-order valence-electron chi connectivity index (χ1n) is 10.6. The van der Waals surface area contributed by atoms with E-state index in [1.165, 1.54) is 12.3 Å². The van der Waals surface area contributed by atoms with Crippen molar-refractivity contribution in [2.24, 2.45) is 0 Å². The van der Waals surface area contributed by atoms with Crippen LogP contribution >= 0.6 is 11.6 Å². The molecule has 2 aromatic heterocycles. The van der Waals surface area contributed by atoms with Crippen LogP contribution in [-0.4, -0.2) is 15.0 Å². The van der Waals surface area contributed by atoms with Crippen molar-refractivity contribution in [2.45, 2.75) is 12.3 Å². The van der Waals surface area contributed by atoms with E-state index < -0.39 is 11.6 Å². The number of hydrogen-bond acceptors (Lipinski definition) is 3. The van der Waals surface area contributed by atoms with Gasteiger partial charge in [-0.1, -0.05) is 48.0 Å². The van der Waals surface area contributed by atoms with Crippen molar-refractivity contribution < 1.29 is 8.78 Å². The molecule has 0 bridgehead atoms. The summed E-state index contributed by atoms with van der Waals surface area (Å²) in [6, 6.07) is 23.0. The van der Waals surface area contributed by atoms with Crippen LogP contribution in [0.5, 0.6) is 0 Å². The summed E-state index contributed by atoms with van der Waals surface area (Å²) in [5, 5.41) is 9.05. The lowest BCUT2D eigenvalue weighted by molar-refractivity contribution is 0.589. The van der Waals surface area contributed by atoms with E-state index in [2.05, 4.69) is 16.0 Å². The summed E-state index contributed by atoms with van der Waals surface area (Å²) in [4.78, 5) is 12.6. The van der Waals surface area contributed by atoms with Crippen LogP contribution in [0.1, 0.15) is 28.6 Å². The molecule has 4 nitrogen and oxygen atoms in total. The predicted octanol–water partition coefficient (Wildman–Crippen LogP) is 6.80. The monoisotopic (exact) mass is 470 g/mol. The van der Waals surface area contributed by atoms with Gasteiger partial charge in [0.2, 0.25) is 0 Å². The van der Waals surface area contributed by atoms with E-state index in [0.717, 1.165) is 22.7 Å². The zero-order valence-electron chi connectivity index (χ0n) is 17.8. The van der Waals surface area contributed by atoms with Gasteiger partial charge in [0.15, 0.2) is 5.82 Å². The Kier molecular flexibility index (Phi) is 5.79. The zero-order chi connectivity index (χ0) is 23.7. The fraction of sp³-hybridized carbons (Fsp3) is 0.0741. The molecule has 2 heterocycles. The maximum Gasteiger partial charge on any atom is 0.152 e. The molecule has 0 saturated carbocycles. The quantitative estimate of drug-likeness (QED) is 0.287. The largest absolute Gasteiger partial charge is 0.341 e. The van der Waals surface area contributed by atoms with Gasteiger partial charge in [-0.15, -0.1) is 0 Å². The maximum absolute atomic E-state index is 14.5. The molecule has 1 N–H and O–H groups in total. The van der Waals surface area contributed by atoms with Crippen LogP contribution in [0.2, 0.25) is 5.02 Å². The average Bonchev–Trinajstić information content (AvgIpc) is 3.29. The Morgan fingerprint density at radius 3 is 2.56 bits per heavy atom. The number of hydrogen-bond donors (Lipinski definition) is 1. The minimum absolute atomic E-state index is 0.151. The first-order valence-corrected chi connectivity index (χ1v) is 10.9. The molecule has 166 valence electrons. The van der Waals surface area contributed by atoms with E-state index in [4.69, 9.17) is 16.6 Å². The summed E-state index contributed by atoms with van der Waals surface area (Å²) in [7, 11) is 0. The topological polar surface area (TPSA) is 65.4 Å². The van der Waals surface area contributed by atoms with Crippen molar-refractivity contribution in [3.05, 3.63) is 118 Å². The molecule has 0 saturated heterocycles. The van der Waals surface area contributed by atoms with Crippen molar-refractivity contribution in [2.75, 3.05) is 0 Å². The Morgan fingerprint density at radius 2 is 1.82 bits per heavy atom. The fourth-order valence-corrected chi connectivity index (χ4v) is 4.16. The van der Waals surface area contributed by atoms with Crippen LogP contribution in [0.15, 0.2) is 79.0 Å². The van der Waals surface area contributed by atoms with Gasteiger partial charge in [-0.2, -0.15) is 5.26 Å². The number of aromatic amines is 1. The summed E-state index contributed by atoms with van der Waals surface area (Å²) < 4.78 is 28.8. The second kappa shape index (κ2) is 9.05. The van der Waals surface area contributed by atoms with Crippen molar-refractivity contribution in [3.63, 3.8) is 0 Å². The van der Waals surface area contributed by atoms with Gasteiger partial charge >= 0.3 is 0 Å². The SMILES string of the molecule is N#Cc1ccc2nc(C(Cc3ccccc3)c3ccc(-c4c(F)ccc(Cl)c4F)cn3)[nH]c2c1. The standard InChI is InChI=1S/C27H17ClF2N4/c28-20-8-9-21(29)25(26(20)30)18-7-11-22(32-15-18)19(12-16-4-2-1-3-5-16)27-33-23-10-6-17(14-31)13-24(23)34-27/h1-11,13,15,19H,12H2,(H,33,34). The third-order valence-electron chi connectivity index (χ3n) is 5.72. The molecule has 0 aliphatic rings. The first-order chi connectivity index (χ1) is 16.5. The van der Waals surface area contributed by atoms with Gasteiger partial charge in [0, 0.05) is 11.8 Å². The second-order valence-corrected chi connectivity index (χ2v) is 8.31. The van der Waals surface area contributed by atoms with Gasteiger partial charge in [-0.3, -0.25) is 4.98 Å². The van der Waals surface area contributed by atoms with E-state index in [9.17, 15) is 14.0 Å². The minimum atomic E-state index is -0.817. The highest BCUT2D eigenvalue weighted by Gasteiger charge is 2.22. The van der Waals surface area contributed by atoms with E-state index >= 15 is 0 Å². The minimum Gasteiger partial charge on any atom is -0.341 e. The molecule has 0 fully saturated rings. The Bertz CT molecular complexity index is 1520. The van der Waals surface area contributed by atoms with Crippen molar-refractivity contribution in [1.29, 1.82) is 5.26 Å². The molecule has 0 amide bonds. The van der Waals surface area contributed by atoms with Crippen LogP contribution in [0, 0.1) is 23.0 Å². The number of nitrogens with one attached hydrogen (secondary N) is 1. The summed E-state index contributed by atoms with van der Waals surface area (Å²) in [6.45, 7) is 0. The number of nitriles is 1. The van der Waals surface area contributed by atoms with Gasteiger partial charge in [-0.05, 0) is 48.4 Å². The number of rotatable bonds is 5. The van der Waals surface area contributed by atoms with E-state index in [1.54, 1.807) is 30.3 Å². The highest BCUT2D eigenvalue weighted by molar-refractivity contribution is 6.31. The number of benzene rings is 3. The lowest BCUT2D eigenvalue weighted by atomic mass is 9.94. The predicted molar refractivity (Wildman–Crippen MR) is 127 cm³/mol. The van der Waals surface area contributed by atoms with E-state index in [0.29, 0.717) is 29.1 Å². The molecular weight excluding hydrogens is 454 g/mol. The van der Waals surface area contributed by atoms with Crippen LogP contribution in [0.25, 0.3) is 22.2 Å². The molecule has 0 radical (unpaired) electrons. The molecule has 5 rings (SSSR count). The lowest BCUT2D eigenvalue weighted by Crippen LogP contribution is -2.09. The molecular formula is C27H17ClF2N4. The van der Waals surface area contributed by atoms with Crippen molar-refractivity contribution in [3.8, 4) is 17.2 Å². The number of halogens is 3. The zero-order valence-corrected chi connectivity index (χ0v) is 18.5. The normalized spacial score (nSPS) is 11.9. The number of aromatic nitrogens is 3. The third kappa shape index (κ3) is 4.14. The highest BCUT2D eigenvalue weighted by atomic mass is 35.5.